The maximum Gasteiger partial charge on any atom is 0.230 e. The molecule has 126 valence electrons. The number of hydrogen-bond acceptors (Lipinski definition) is 3. The van der Waals surface area contributed by atoms with Crippen LogP contribution in [-0.2, 0) is 4.79 Å². The first-order valence-electron chi connectivity index (χ1n) is 7.32. The summed E-state index contributed by atoms with van der Waals surface area (Å²) in [5.74, 6) is -1.47. The minimum Gasteiger partial charge on any atom is -0.348 e. The van der Waals surface area contributed by atoms with Gasteiger partial charge in [0.15, 0.2) is 11.6 Å². The van der Waals surface area contributed by atoms with Gasteiger partial charge in [0, 0.05) is 15.5 Å². The molecule has 1 heterocycles. The van der Waals surface area contributed by atoms with Gasteiger partial charge in [-0.05, 0) is 48.4 Å². The van der Waals surface area contributed by atoms with Gasteiger partial charge in [-0.3, -0.25) is 4.79 Å². The molecule has 0 spiro atoms. The van der Waals surface area contributed by atoms with Crippen LogP contribution in [0.2, 0.25) is 0 Å². The van der Waals surface area contributed by atoms with Crippen LogP contribution in [-0.4, -0.2) is 17.4 Å². The number of hydrogen-bond donors (Lipinski definition) is 1. The first kappa shape index (κ1) is 17.2. The van der Waals surface area contributed by atoms with Gasteiger partial charge in [-0.15, -0.1) is 23.5 Å². The molecule has 1 aliphatic rings. The van der Waals surface area contributed by atoms with Crippen LogP contribution < -0.4 is 5.32 Å². The van der Waals surface area contributed by atoms with E-state index in [0.29, 0.717) is 4.90 Å². The molecule has 0 saturated heterocycles. The fourth-order valence-corrected chi connectivity index (χ4v) is 4.30. The molecule has 1 amide bonds. The Labute approximate surface area is 146 Å². The van der Waals surface area contributed by atoms with Crippen LogP contribution in [0, 0.1) is 17.5 Å². The number of halogens is 3. The van der Waals surface area contributed by atoms with Crippen LogP contribution >= 0.6 is 23.5 Å². The molecule has 0 bridgehead atoms. The van der Waals surface area contributed by atoms with E-state index in [4.69, 9.17) is 0 Å². The molecule has 0 aliphatic carbocycles. The Bertz CT molecular complexity index is 769. The van der Waals surface area contributed by atoms with Gasteiger partial charge >= 0.3 is 0 Å². The van der Waals surface area contributed by atoms with Gasteiger partial charge in [-0.2, -0.15) is 0 Å². The summed E-state index contributed by atoms with van der Waals surface area (Å²) in [5, 5.41) is 2.89. The van der Waals surface area contributed by atoms with Gasteiger partial charge in [-0.25, -0.2) is 13.2 Å². The van der Waals surface area contributed by atoms with Crippen molar-refractivity contribution in [2.24, 2.45) is 0 Å². The standard InChI is InChI=1S/C17H14F3NOS2/c18-10-1-4-16-12(7-10)15(5-6-23-16)21-17(22)9-24-11-2-3-13(19)14(20)8-11/h1-4,7-8,15H,5-6,9H2,(H,21,22). The van der Waals surface area contributed by atoms with E-state index < -0.39 is 11.6 Å². The first-order chi connectivity index (χ1) is 11.5. The van der Waals surface area contributed by atoms with Crippen molar-refractivity contribution in [3.63, 3.8) is 0 Å². The van der Waals surface area contributed by atoms with Crippen LogP contribution in [0.25, 0.3) is 0 Å². The molecule has 1 atom stereocenters. The Morgan fingerprint density at radius 2 is 2.00 bits per heavy atom. The van der Waals surface area contributed by atoms with Crippen molar-refractivity contribution in [1.29, 1.82) is 0 Å². The van der Waals surface area contributed by atoms with Crippen molar-refractivity contribution in [3.8, 4) is 0 Å². The van der Waals surface area contributed by atoms with Crippen LogP contribution in [0.15, 0.2) is 46.2 Å². The Hall–Kier alpha value is -1.60. The molecular weight excluding hydrogens is 355 g/mol. The molecule has 2 nitrogen and oxygen atoms in total. The summed E-state index contributed by atoms with van der Waals surface area (Å²) in [7, 11) is 0. The Morgan fingerprint density at radius 1 is 1.17 bits per heavy atom. The van der Waals surface area contributed by atoms with Crippen molar-refractivity contribution < 1.29 is 18.0 Å². The Kier molecular flexibility index (Phi) is 5.40. The second-order valence-corrected chi connectivity index (χ2v) is 7.49. The summed E-state index contributed by atoms with van der Waals surface area (Å²) >= 11 is 2.77. The smallest absolute Gasteiger partial charge is 0.230 e. The van der Waals surface area contributed by atoms with Crippen molar-refractivity contribution in [1.82, 2.24) is 5.32 Å². The fourth-order valence-electron chi connectivity index (χ4n) is 2.47. The summed E-state index contributed by atoms with van der Waals surface area (Å²) in [5.41, 5.74) is 0.789. The number of benzene rings is 2. The van der Waals surface area contributed by atoms with Crippen molar-refractivity contribution in [2.45, 2.75) is 22.3 Å². The third kappa shape index (κ3) is 4.08. The average Bonchev–Trinajstić information content (AvgIpc) is 2.56. The van der Waals surface area contributed by atoms with E-state index in [-0.39, 0.29) is 23.5 Å². The molecule has 7 heteroatoms. The minimum absolute atomic E-state index is 0.0827. The predicted molar refractivity (Wildman–Crippen MR) is 89.7 cm³/mol. The zero-order valence-electron chi connectivity index (χ0n) is 12.5. The van der Waals surface area contributed by atoms with E-state index in [0.717, 1.165) is 46.5 Å². The SMILES string of the molecule is O=C(CSc1ccc(F)c(F)c1)NC1CCSc2ccc(F)cc21. The molecule has 2 aromatic carbocycles. The molecular formula is C17H14F3NOS2. The molecule has 0 saturated carbocycles. The summed E-state index contributed by atoms with van der Waals surface area (Å²) in [6.07, 6.45) is 0.725. The molecule has 3 rings (SSSR count). The van der Waals surface area contributed by atoms with Crippen molar-refractivity contribution in [3.05, 3.63) is 59.4 Å². The number of thioether (sulfide) groups is 2. The lowest BCUT2D eigenvalue weighted by Gasteiger charge is -2.26. The number of fused-ring (bicyclic) bond motifs is 1. The van der Waals surface area contributed by atoms with Gasteiger partial charge in [-0.1, -0.05) is 0 Å². The molecule has 1 unspecified atom stereocenters. The molecule has 2 aromatic rings. The Morgan fingerprint density at radius 3 is 2.79 bits per heavy atom. The third-order valence-corrected chi connectivity index (χ3v) is 5.72. The predicted octanol–water partition coefficient (Wildman–Crippen LogP) is 4.55. The average molecular weight is 369 g/mol. The fraction of sp³-hybridized carbons (Fsp3) is 0.235. The van der Waals surface area contributed by atoms with Gasteiger partial charge in [0.05, 0.1) is 11.8 Å². The minimum atomic E-state index is -0.936. The molecule has 1 aliphatic heterocycles. The second-order valence-electron chi connectivity index (χ2n) is 5.30. The summed E-state index contributed by atoms with van der Waals surface area (Å²) in [4.78, 5) is 13.6. The van der Waals surface area contributed by atoms with Crippen molar-refractivity contribution in [2.75, 3.05) is 11.5 Å². The quantitative estimate of drug-likeness (QED) is 0.802. The van der Waals surface area contributed by atoms with E-state index in [9.17, 15) is 18.0 Å². The highest BCUT2D eigenvalue weighted by molar-refractivity contribution is 8.00. The highest BCUT2D eigenvalue weighted by atomic mass is 32.2. The Balaban J connectivity index is 1.61. The summed E-state index contributed by atoms with van der Waals surface area (Å²) in [6.45, 7) is 0. The maximum absolute atomic E-state index is 13.5. The summed E-state index contributed by atoms with van der Waals surface area (Å²) in [6, 6.07) is 7.89. The van der Waals surface area contributed by atoms with Gasteiger partial charge in [0.2, 0.25) is 5.91 Å². The highest BCUT2D eigenvalue weighted by Crippen LogP contribution is 2.36. The van der Waals surface area contributed by atoms with Crippen LogP contribution in [0.3, 0.4) is 0 Å². The maximum atomic E-state index is 13.5. The van der Waals surface area contributed by atoms with E-state index in [2.05, 4.69) is 5.32 Å². The molecule has 24 heavy (non-hydrogen) atoms. The zero-order valence-corrected chi connectivity index (χ0v) is 14.2. The van der Waals surface area contributed by atoms with E-state index in [1.54, 1.807) is 17.8 Å². The van der Waals surface area contributed by atoms with Crippen LogP contribution in [0.4, 0.5) is 13.2 Å². The topological polar surface area (TPSA) is 29.1 Å². The van der Waals surface area contributed by atoms with Crippen molar-refractivity contribution >= 4 is 29.4 Å². The largest absolute Gasteiger partial charge is 0.348 e. The lowest BCUT2D eigenvalue weighted by Crippen LogP contribution is -2.32. The first-order valence-corrected chi connectivity index (χ1v) is 9.29. The van der Waals surface area contributed by atoms with Gasteiger partial charge in [0.25, 0.3) is 0 Å². The lowest BCUT2D eigenvalue weighted by atomic mass is 10.0. The number of carbonyl (C=O) groups excluding carboxylic acids is 1. The second kappa shape index (κ2) is 7.53. The van der Waals surface area contributed by atoms with Crippen LogP contribution in [0.5, 0.6) is 0 Å². The normalized spacial score (nSPS) is 16.5. The van der Waals surface area contributed by atoms with E-state index in [1.165, 1.54) is 18.2 Å². The number of nitrogens with one attached hydrogen (secondary N) is 1. The third-order valence-electron chi connectivity index (χ3n) is 3.61. The van der Waals surface area contributed by atoms with Gasteiger partial charge < -0.3 is 5.32 Å². The number of carbonyl (C=O) groups is 1. The molecule has 0 aromatic heterocycles. The monoisotopic (exact) mass is 369 g/mol. The van der Waals surface area contributed by atoms with Gasteiger partial charge in [0.1, 0.15) is 5.82 Å². The highest BCUT2D eigenvalue weighted by Gasteiger charge is 2.22. The zero-order chi connectivity index (χ0) is 17.1. The van der Waals surface area contributed by atoms with E-state index >= 15 is 0 Å². The van der Waals surface area contributed by atoms with Crippen LogP contribution in [0.1, 0.15) is 18.0 Å². The van der Waals surface area contributed by atoms with E-state index in [1.807, 2.05) is 0 Å². The lowest BCUT2D eigenvalue weighted by molar-refractivity contribution is -0.119. The number of rotatable bonds is 4. The molecule has 1 N–H and O–H groups in total. The molecule has 0 fully saturated rings. The summed E-state index contributed by atoms with van der Waals surface area (Å²) < 4.78 is 39.5. The number of amides is 1. The molecule has 0 radical (unpaired) electrons.